The molecular formula is C27H40F3N5O2. The molecule has 1 aromatic heterocycles. The number of rotatable bonds is 8. The number of carbonyl (C=O) groups excluding carboxylic acids is 1. The van der Waals surface area contributed by atoms with Crippen molar-refractivity contribution in [2.45, 2.75) is 88.1 Å². The standard InChI is InChI=1S/C27H40F3N5O2/c1-33-23(35(21-2-3-21)16-17-4-7-34(8-5-17)9-6-27(28,29)30)12-22(32-33)25(36)31-24-19-10-18-11-20(24)15-26(37,13-18)14-19/h12,17-21,24,37H,2-11,13-16H2,1H3,(H,31,36)/t18?,19?,20?,24-,26-. The van der Waals surface area contributed by atoms with Crippen LogP contribution in [0, 0.1) is 23.7 Å². The number of hydrogen-bond acceptors (Lipinski definition) is 5. The zero-order valence-corrected chi connectivity index (χ0v) is 21.7. The first-order valence-corrected chi connectivity index (χ1v) is 14.2. The summed E-state index contributed by atoms with van der Waals surface area (Å²) >= 11 is 0. The molecule has 1 aromatic rings. The molecule has 6 fully saturated rings. The molecule has 0 radical (unpaired) electrons. The average Bonchev–Trinajstić information content (AvgIpc) is 3.59. The molecule has 1 amide bonds. The molecule has 0 spiro atoms. The van der Waals surface area contributed by atoms with Crippen LogP contribution in [0.5, 0.6) is 0 Å². The minimum atomic E-state index is -4.10. The van der Waals surface area contributed by atoms with Crippen LogP contribution in [0.3, 0.4) is 0 Å². The van der Waals surface area contributed by atoms with Crippen LogP contribution in [0.25, 0.3) is 0 Å². The van der Waals surface area contributed by atoms with E-state index in [9.17, 15) is 23.1 Å². The highest BCUT2D eigenvalue weighted by atomic mass is 19.4. The Hall–Kier alpha value is -1.81. The van der Waals surface area contributed by atoms with Crippen LogP contribution in [0.4, 0.5) is 19.0 Å². The van der Waals surface area contributed by atoms with E-state index in [4.69, 9.17) is 0 Å². The van der Waals surface area contributed by atoms with Gasteiger partial charge in [0.15, 0.2) is 5.69 Å². The normalized spacial score (nSPS) is 34.2. The van der Waals surface area contributed by atoms with Gasteiger partial charge >= 0.3 is 6.18 Å². The zero-order valence-electron chi connectivity index (χ0n) is 21.7. The number of alkyl halides is 3. The molecule has 37 heavy (non-hydrogen) atoms. The summed E-state index contributed by atoms with van der Waals surface area (Å²) in [6.45, 7) is 2.35. The molecule has 2 atom stereocenters. The number of nitrogens with zero attached hydrogens (tertiary/aromatic N) is 4. The first-order valence-electron chi connectivity index (χ1n) is 14.2. The van der Waals surface area contributed by atoms with Gasteiger partial charge in [0, 0.05) is 38.3 Å². The number of aliphatic hydroxyl groups is 1. The fraction of sp³-hybridized carbons (Fsp3) is 0.852. The van der Waals surface area contributed by atoms with Crippen molar-refractivity contribution >= 4 is 11.7 Å². The van der Waals surface area contributed by atoms with Crippen molar-refractivity contribution in [3.8, 4) is 0 Å². The number of anilines is 1. The van der Waals surface area contributed by atoms with Gasteiger partial charge in [0.2, 0.25) is 0 Å². The third kappa shape index (κ3) is 5.51. The van der Waals surface area contributed by atoms with Crippen molar-refractivity contribution in [2.24, 2.45) is 30.7 Å². The van der Waals surface area contributed by atoms with E-state index in [1.165, 1.54) is 0 Å². The Labute approximate surface area is 216 Å². The minimum absolute atomic E-state index is 0.0887. The van der Waals surface area contributed by atoms with Gasteiger partial charge in [-0.05, 0) is 94.5 Å². The van der Waals surface area contributed by atoms with E-state index < -0.39 is 18.2 Å². The van der Waals surface area contributed by atoms with Crippen molar-refractivity contribution in [2.75, 3.05) is 31.1 Å². The van der Waals surface area contributed by atoms with Gasteiger partial charge < -0.3 is 20.2 Å². The molecule has 5 saturated carbocycles. The predicted molar refractivity (Wildman–Crippen MR) is 133 cm³/mol. The molecule has 7 rings (SSSR count). The molecule has 10 heteroatoms. The van der Waals surface area contributed by atoms with E-state index in [1.54, 1.807) is 0 Å². The Morgan fingerprint density at radius 2 is 1.84 bits per heavy atom. The molecule has 1 aliphatic heterocycles. The van der Waals surface area contributed by atoms with Gasteiger partial charge in [0.05, 0.1) is 12.0 Å². The maximum absolute atomic E-state index is 13.3. The van der Waals surface area contributed by atoms with Crippen LogP contribution in [-0.4, -0.2) is 75.7 Å². The molecule has 4 bridgehead atoms. The highest BCUT2D eigenvalue weighted by molar-refractivity contribution is 5.93. The summed E-state index contributed by atoms with van der Waals surface area (Å²) in [6.07, 6.45) is 3.90. The minimum Gasteiger partial charge on any atom is -0.390 e. The first kappa shape index (κ1) is 25.5. The highest BCUT2D eigenvalue weighted by Crippen LogP contribution is 2.55. The lowest BCUT2D eigenvalue weighted by atomic mass is 9.52. The second-order valence-corrected chi connectivity index (χ2v) is 12.7. The second kappa shape index (κ2) is 9.43. The van der Waals surface area contributed by atoms with Gasteiger partial charge in [-0.25, -0.2) is 0 Å². The molecular weight excluding hydrogens is 483 g/mol. The molecule has 1 saturated heterocycles. The summed E-state index contributed by atoms with van der Waals surface area (Å²) in [7, 11) is 1.89. The van der Waals surface area contributed by atoms with Crippen molar-refractivity contribution in [1.29, 1.82) is 0 Å². The monoisotopic (exact) mass is 523 g/mol. The number of nitrogens with one attached hydrogen (secondary N) is 1. The fourth-order valence-electron chi connectivity index (χ4n) is 8.05. The summed E-state index contributed by atoms with van der Waals surface area (Å²) in [6, 6.07) is 2.48. The van der Waals surface area contributed by atoms with Gasteiger partial charge in [0.25, 0.3) is 5.91 Å². The average molecular weight is 524 g/mol. The number of hydrogen-bond donors (Lipinski definition) is 2. The quantitative estimate of drug-likeness (QED) is 0.544. The topological polar surface area (TPSA) is 73.6 Å². The van der Waals surface area contributed by atoms with Gasteiger partial charge in [-0.3, -0.25) is 9.48 Å². The lowest BCUT2D eigenvalue weighted by Gasteiger charge is -2.58. The number of aryl methyl sites for hydroxylation is 1. The summed E-state index contributed by atoms with van der Waals surface area (Å²) in [5.41, 5.74) is -0.0765. The molecule has 6 aliphatic rings. The summed E-state index contributed by atoms with van der Waals surface area (Å²) < 4.78 is 39.6. The Balaban J connectivity index is 1.07. The van der Waals surface area contributed by atoms with Gasteiger partial charge in [-0.1, -0.05) is 0 Å². The zero-order chi connectivity index (χ0) is 25.9. The Morgan fingerprint density at radius 1 is 1.16 bits per heavy atom. The highest BCUT2D eigenvalue weighted by Gasteiger charge is 2.55. The van der Waals surface area contributed by atoms with E-state index in [1.807, 2.05) is 22.7 Å². The van der Waals surface area contributed by atoms with Crippen molar-refractivity contribution in [3.05, 3.63) is 11.8 Å². The fourth-order valence-corrected chi connectivity index (χ4v) is 8.05. The van der Waals surface area contributed by atoms with E-state index in [0.29, 0.717) is 48.5 Å². The largest absolute Gasteiger partial charge is 0.390 e. The molecule has 2 unspecified atom stereocenters. The number of likely N-dealkylation sites (tertiary alicyclic amines) is 1. The summed E-state index contributed by atoms with van der Waals surface area (Å²) in [5.74, 6) is 2.56. The van der Waals surface area contributed by atoms with E-state index in [2.05, 4.69) is 15.3 Å². The van der Waals surface area contributed by atoms with E-state index >= 15 is 0 Å². The molecule has 7 nitrogen and oxygen atoms in total. The van der Waals surface area contributed by atoms with Gasteiger partial charge in [0.1, 0.15) is 5.82 Å². The maximum Gasteiger partial charge on any atom is 0.390 e. The van der Waals surface area contributed by atoms with Crippen LogP contribution in [-0.2, 0) is 7.05 Å². The number of piperidine rings is 1. The number of halogens is 3. The van der Waals surface area contributed by atoms with Crippen LogP contribution >= 0.6 is 0 Å². The number of carbonyl (C=O) groups is 1. The Bertz CT molecular complexity index is 985. The van der Waals surface area contributed by atoms with Gasteiger partial charge in [-0.2, -0.15) is 18.3 Å². The SMILES string of the molecule is Cn1nc(C(=O)N[C@H]2C3CC4CC2C[C@](O)(C4)C3)cc1N(CC1CCN(CCC(F)(F)F)CC1)C1CC1. The maximum atomic E-state index is 13.3. The number of aromatic nitrogens is 2. The van der Waals surface area contributed by atoms with Gasteiger partial charge in [-0.15, -0.1) is 0 Å². The molecule has 0 aromatic carbocycles. The Kier molecular flexibility index (Phi) is 6.49. The van der Waals surface area contributed by atoms with Crippen LogP contribution < -0.4 is 10.2 Å². The third-order valence-electron chi connectivity index (χ3n) is 9.78. The second-order valence-electron chi connectivity index (χ2n) is 12.7. The van der Waals surface area contributed by atoms with Crippen molar-refractivity contribution in [3.63, 3.8) is 0 Å². The lowest BCUT2D eigenvalue weighted by Crippen LogP contribution is -2.61. The van der Waals surface area contributed by atoms with Crippen LogP contribution in [0.15, 0.2) is 6.07 Å². The molecule has 2 heterocycles. The molecule has 206 valence electrons. The predicted octanol–water partition coefficient (Wildman–Crippen LogP) is 3.72. The van der Waals surface area contributed by atoms with Crippen LogP contribution in [0.2, 0.25) is 0 Å². The molecule has 5 aliphatic carbocycles. The van der Waals surface area contributed by atoms with E-state index in [0.717, 1.165) is 70.2 Å². The summed E-state index contributed by atoms with van der Waals surface area (Å²) in [4.78, 5) is 17.6. The number of amides is 1. The first-order chi connectivity index (χ1) is 17.6. The smallest absolute Gasteiger partial charge is 0.390 e. The Morgan fingerprint density at radius 3 is 2.43 bits per heavy atom. The van der Waals surface area contributed by atoms with E-state index in [-0.39, 0.29) is 18.5 Å². The van der Waals surface area contributed by atoms with Crippen molar-refractivity contribution in [1.82, 2.24) is 20.0 Å². The van der Waals surface area contributed by atoms with Crippen molar-refractivity contribution < 1.29 is 23.1 Å². The molecule has 2 N–H and O–H groups in total. The summed E-state index contributed by atoms with van der Waals surface area (Å²) in [5, 5.41) is 18.7. The third-order valence-corrected chi connectivity index (χ3v) is 9.78. The lowest BCUT2D eigenvalue weighted by molar-refractivity contribution is -0.138. The van der Waals surface area contributed by atoms with Crippen LogP contribution in [0.1, 0.15) is 74.7 Å².